The largest absolute Gasteiger partial charge is 0.197 e. The van der Waals surface area contributed by atoms with Crippen LogP contribution in [0.15, 0.2) is 46.6 Å². The summed E-state index contributed by atoms with van der Waals surface area (Å²) < 4.78 is 0. The molecule has 0 aliphatic heterocycles. The fourth-order valence-corrected chi connectivity index (χ4v) is 1.98. The quantitative estimate of drug-likeness (QED) is 0.542. The van der Waals surface area contributed by atoms with Crippen molar-refractivity contribution in [2.45, 2.75) is 0 Å². The van der Waals surface area contributed by atoms with Crippen LogP contribution in [0.3, 0.4) is 0 Å². The number of nitrogens with zero attached hydrogens (tertiary/aromatic N) is 6. The van der Waals surface area contributed by atoms with Crippen LogP contribution in [0, 0.1) is 0 Å². The minimum atomic E-state index is 0.650. The van der Waals surface area contributed by atoms with E-state index in [9.17, 15) is 0 Å². The highest BCUT2D eigenvalue weighted by molar-refractivity contribution is 5.86. The van der Waals surface area contributed by atoms with Gasteiger partial charge in [-0.25, -0.2) is 0 Å². The number of fused-ring (bicyclic) bond motifs is 2. The van der Waals surface area contributed by atoms with E-state index < -0.39 is 0 Å². The molecule has 0 bridgehead atoms. The summed E-state index contributed by atoms with van der Waals surface area (Å²) in [6, 6.07) is 11.1. The maximum atomic E-state index is 4.23. The van der Waals surface area contributed by atoms with Crippen molar-refractivity contribution in [3.63, 3.8) is 0 Å². The number of aromatic amines is 2. The van der Waals surface area contributed by atoms with Crippen LogP contribution in [0.5, 0.6) is 0 Å². The second-order valence-electron chi connectivity index (χ2n) is 4.14. The Kier molecular flexibility index (Phi) is 2.25. The van der Waals surface area contributed by atoms with Gasteiger partial charge in [0.2, 0.25) is 0 Å². The lowest BCUT2D eigenvalue weighted by Crippen LogP contribution is -1.72. The van der Waals surface area contributed by atoms with Crippen LogP contribution in [0.2, 0.25) is 0 Å². The van der Waals surface area contributed by atoms with Gasteiger partial charge in [-0.2, -0.15) is 30.8 Å². The number of hydrogen-bond donors (Lipinski definition) is 2. The third-order valence-electron chi connectivity index (χ3n) is 2.92. The van der Waals surface area contributed by atoms with Gasteiger partial charge in [0, 0.05) is 0 Å². The van der Waals surface area contributed by atoms with E-state index in [2.05, 4.69) is 41.0 Å². The van der Waals surface area contributed by atoms with Crippen LogP contribution in [-0.4, -0.2) is 30.8 Å². The van der Waals surface area contributed by atoms with Gasteiger partial charge in [0.1, 0.15) is 33.4 Å². The highest BCUT2D eigenvalue weighted by atomic mass is 15.3. The molecule has 8 nitrogen and oxygen atoms in total. The molecule has 2 heterocycles. The van der Waals surface area contributed by atoms with Gasteiger partial charge in [0.15, 0.2) is 0 Å². The molecule has 0 radical (unpaired) electrons. The van der Waals surface area contributed by atoms with Crippen molar-refractivity contribution in [3.8, 4) is 0 Å². The molecular formula is C12H8N8. The lowest BCUT2D eigenvalue weighted by Gasteiger charge is -1.94. The van der Waals surface area contributed by atoms with E-state index in [1.807, 2.05) is 36.4 Å². The first-order chi connectivity index (χ1) is 9.92. The average molecular weight is 264 g/mol. The molecule has 8 heteroatoms. The summed E-state index contributed by atoms with van der Waals surface area (Å²) in [5.41, 5.74) is 4.17. The van der Waals surface area contributed by atoms with Crippen LogP contribution in [0.4, 0.5) is 11.4 Å². The second kappa shape index (κ2) is 4.19. The summed E-state index contributed by atoms with van der Waals surface area (Å²) in [7, 11) is 0. The number of azo groups is 1. The van der Waals surface area contributed by atoms with E-state index in [-0.39, 0.29) is 0 Å². The normalized spacial score (nSPS) is 11.8. The summed E-state index contributed by atoms with van der Waals surface area (Å²) in [5.74, 6) is 0. The van der Waals surface area contributed by atoms with E-state index in [1.54, 1.807) is 0 Å². The maximum Gasteiger partial charge on any atom is 0.140 e. The van der Waals surface area contributed by atoms with E-state index in [0.717, 1.165) is 11.0 Å². The molecule has 4 aromatic rings. The first kappa shape index (κ1) is 10.7. The monoisotopic (exact) mass is 264 g/mol. The van der Waals surface area contributed by atoms with Crippen molar-refractivity contribution in [1.29, 1.82) is 0 Å². The minimum absolute atomic E-state index is 0.650. The van der Waals surface area contributed by atoms with Gasteiger partial charge in [0.25, 0.3) is 0 Å². The molecule has 96 valence electrons. The number of rotatable bonds is 2. The zero-order valence-corrected chi connectivity index (χ0v) is 10.1. The second-order valence-corrected chi connectivity index (χ2v) is 4.14. The summed E-state index contributed by atoms with van der Waals surface area (Å²) in [5, 5.41) is 29.7. The van der Waals surface area contributed by atoms with Crippen LogP contribution in [0.25, 0.3) is 22.1 Å². The van der Waals surface area contributed by atoms with E-state index >= 15 is 0 Å². The first-order valence-electron chi connectivity index (χ1n) is 5.92. The van der Waals surface area contributed by atoms with Crippen LogP contribution in [0.1, 0.15) is 0 Å². The fraction of sp³-hybridized carbons (Fsp3) is 0. The lowest BCUT2D eigenvalue weighted by atomic mass is 10.3. The Labute approximate surface area is 111 Å². The smallest absolute Gasteiger partial charge is 0.140 e. The standard InChI is InChI=1S/C12H8N8/c1-3-7(11-9(5-1)15-19-17-11)13-14-8-4-2-6-10-12(8)18-20-16-10/h1-6H,(H,15,17,19)(H,16,18,20). The molecule has 4 rings (SSSR count). The Balaban J connectivity index is 1.82. The zero-order valence-electron chi connectivity index (χ0n) is 10.1. The molecule has 0 saturated carbocycles. The van der Waals surface area contributed by atoms with Gasteiger partial charge in [-0.1, -0.05) is 12.1 Å². The van der Waals surface area contributed by atoms with Gasteiger partial charge < -0.3 is 0 Å². The number of nitrogens with one attached hydrogen (secondary N) is 2. The predicted octanol–water partition coefficient (Wildman–Crippen LogP) is 2.64. The Morgan fingerprint density at radius 3 is 1.65 bits per heavy atom. The molecule has 0 spiro atoms. The number of para-hydroxylation sites is 2. The first-order valence-corrected chi connectivity index (χ1v) is 5.92. The molecule has 0 aliphatic rings. The number of aromatic nitrogens is 6. The molecule has 0 amide bonds. The summed E-state index contributed by atoms with van der Waals surface area (Å²) in [6.07, 6.45) is 0. The number of H-pyrrole nitrogens is 2. The molecule has 2 aromatic heterocycles. The van der Waals surface area contributed by atoms with Gasteiger partial charge in [-0.3, -0.25) is 0 Å². The van der Waals surface area contributed by atoms with Gasteiger partial charge in [-0.05, 0) is 24.3 Å². The van der Waals surface area contributed by atoms with Crippen molar-refractivity contribution in [3.05, 3.63) is 36.4 Å². The highest BCUT2D eigenvalue weighted by Crippen LogP contribution is 2.27. The molecule has 0 unspecified atom stereocenters. The average Bonchev–Trinajstić information content (AvgIpc) is 3.13. The van der Waals surface area contributed by atoms with Gasteiger partial charge >= 0.3 is 0 Å². The van der Waals surface area contributed by atoms with Crippen LogP contribution >= 0.6 is 0 Å². The van der Waals surface area contributed by atoms with Crippen LogP contribution in [-0.2, 0) is 0 Å². The number of hydrogen-bond acceptors (Lipinski definition) is 6. The topological polar surface area (TPSA) is 108 Å². The SMILES string of the molecule is c1cc(N=Nc2cccc3n[nH]nc23)c2n[nH]nc2c1. The molecular weight excluding hydrogens is 256 g/mol. The Bertz CT molecular complexity index is 843. The van der Waals surface area contributed by atoms with E-state index in [0.29, 0.717) is 22.4 Å². The van der Waals surface area contributed by atoms with Crippen molar-refractivity contribution in [1.82, 2.24) is 30.8 Å². The van der Waals surface area contributed by atoms with Gasteiger partial charge in [-0.15, -0.1) is 10.2 Å². The predicted molar refractivity (Wildman–Crippen MR) is 72.0 cm³/mol. The van der Waals surface area contributed by atoms with E-state index in [1.165, 1.54) is 0 Å². The Hall–Kier alpha value is -3.16. The Morgan fingerprint density at radius 1 is 0.650 bits per heavy atom. The van der Waals surface area contributed by atoms with Crippen molar-refractivity contribution < 1.29 is 0 Å². The van der Waals surface area contributed by atoms with E-state index in [4.69, 9.17) is 0 Å². The summed E-state index contributed by atoms with van der Waals surface area (Å²) in [4.78, 5) is 0. The molecule has 0 fully saturated rings. The summed E-state index contributed by atoms with van der Waals surface area (Å²) in [6.45, 7) is 0. The van der Waals surface area contributed by atoms with Gasteiger partial charge in [0.05, 0.1) is 0 Å². The fourth-order valence-electron chi connectivity index (χ4n) is 1.98. The zero-order chi connectivity index (χ0) is 13.4. The third-order valence-corrected chi connectivity index (χ3v) is 2.92. The molecule has 0 saturated heterocycles. The van der Waals surface area contributed by atoms with Crippen molar-refractivity contribution in [2.75, 3.05) is 0 Å². The Morgan fingerprint density at radius 2 is 1.15 bits per heavy atom. The lowest BCUT2D eigenvalue weighted by molar-refractivity contribution is 0.958. The molecule has 2 N–H and O–H groups in total. The number of benzene rings is 2. The molecule has 20 heavy (non-hydrogen) atoms. The molecule has 0 aliphatic carbocycles. The van der Waals surface area contributed by atoms with Crippen molar-refractivity contribution >= 4 is 33.4 Å². The molecule has 2 aromatic carbocycles. The minimum Gasteiger partial charge on any atom is -0.197 e. The van der Waals surface area contributed by atoms with Crippen molar-refractivity contribution in [2.24, 2.45) is 10.2 Å². The highest BCUT2D eigenvalue weighted by Gasteiger charge is 2.05. The third kappa shape index (κ3) is 1.62. The van der Waals surface area contributed by atoms with Crippen LogP contribution < -0.4 is 0 Å². The molecule has 0 atom stereocenters. The maximum absolute atomic E-state index is 4.23. The summed E-state index contributed by atoms with van der Waals surface area (Å²) >= 11 is 0.